The van der Waals surface area contributed by atoms with Gasteiger partial charge in [0, 0.05) is 22.8 Å². The Kier molecular flexibility index (Phi) is 4.71. The van der Waals surface area contributed by atoms with Crippen LogP contribution in [0.5, 0.6) is 0 Å². The summed E-state index contributed by atoms with van der Waals surface area (Å²) in [4.78, 5) is 4.44. The van der Waals surface area contributed by atoms with Crippen molar-refractivity contribution in [2.75, 3.05) is 7.05 Å². The van der Waals surface area contributed by atoms with Gasteiger partial charge < -0.3 is 5.32 Å². The fourth-order valence-electron chi connectivity index (χ4n) is 2.25. The molecule has 4 nitrogen and oxygen atoms in total. The highest BCUT2D eigenvalue weighted by Gasteiger charge is 2.16. The molecule has 0 aliphatic heterocycles. The largest absolute Gasteiger partial charge is 0.316 e. The maximum Gasteiger partial charge on any atom is 0.153 e. The first-order chi connectivity index (χ1) is 9.21. The number of halogens is 1. The molecule has 0 spiro atoms. The number of aryl methyl sites for hydroxylation is 1. The van der Waals surface area contributed by atoms with Gasteiger partial charge in [-0.15, -0.1) is 0 Å². The SMILES string of the molecule is CCc1nn(-c2ccc(Br)cn2)c(CC)c1CNC. The van der Waals surface area contributed by atoms with E-state index in [-0.39, 0.29) is 0 Å². The van der Waals surface area contributed by atoms with E-state index < -0.39 is 0 Å². The lowest BCUT2D eigenvalue weighted by Gasteiger charge is -2.07. The normalized spacial score (nSPS) is 10.9. The lowest BCUT2D eigenvalue weighted by atomic mass is 10.1. The van der Waals surface area contributed by atoms with Crippen LogP contribution in [0.1, 0.15) is 30.8 Å². The fraction of sp³-hybridized carbons (Fsp3) is 0.429. The van der Waals surface area contributed by atoms with Gasteiger partial charge in [-0.25, -0.2) is 9.67 Å². The van der Waals surface area contributed by atoms with E-state index in [1.807, 2.05) is 23.9 Å². The first kappa shape index (κ1) is 14.2. The van der Waals surface area contributed by atoms with E-state index in [0.717, 1.165) is 35.4 Å². The van der Waals surface area contributed by atoms with Gasteiger partial charge in [-0.2, -0.15) is 5.10 Å². The molecule has 0 unspecified atom stereocenters. The predicted octanol–water partition coefficient (Wildman–Crippen LogP) is 2.87. The van der Waals surface area contributed by atoms with Crippen molar-refractivity contribution in [2.24, 2.45) is 0 Å². The van der Waals surface area contributed by atoms with E-state index in [1.54, 1.807) is 6.20 Å². The van der Waals surface area contributed by atoms with Crippen LogP contribution in [0.3, 0.4) is 0 Å². The lowest BCUT2D eigenvalue weighted by Crippen LogP contribution is -2.09. The highest BCUT2D eigenvalue weighted by Crippen LogP contribution is 2.20. The quantitative estimate of drug-likeness (QED) is 0.920. The van der Waals surface area contributed by atoms with Crippen molar-refractivity contribution in [3.05, 3.63) is 39.8 Å². The average Bonchev–Trinajstić information content (AvgIpc) is 2.78. The minimum Gasteiger partial charge on any atom is -0.316 e. The summed E-state index contributed by atoms with van der Waals surface area (Å²) >= 11 is 3.41. The monoisotopic (exact) mass is 322 g/mol. The number of nitrogens with one attached hydrogen (secondary N) is 1. The highest BCUT2D eigenvalue weighted by atomic mass is 79.9. The van der Waals surface area contributed by atoms with Crippen molar-refractivity contribution < 1.29 is 0 Å². The molecule has 102 valence electrons. The molecule has 0 saturated heterocycles. The molecule has 5 heteroatoms. The van der Waals surface area contributed by atoms with E-state index >= 15 is 0 Å². The molecule has 2 aromatic rings. The second-order valence-electron chi connectivity index (χ2n) is 4.36. The summed E-state index contributed by atoms with van der Waals surface area (Å²) in [5, 5.41) is 7.94. The van der Waals surface area contributed by atoms with Gasteiger partial charge >= 0.3 is 0 Å². The zero-order chi connectivity index (χ0) is 13.8. The molecule has 2 aromatic heterocycles. The number of hydrogen-bond donors (Lipinski definition) is 1. The van der Waals surface area contributed by atoms with Crippen LogP contribution in [0.25, 0.3) is 5.82 Å². The molecule has 0 amide bonds. The molecule has 0 aliphatic carbocycles. The molecule has 0 aromatic carbocycles. The Morgan fingerprint density at radius 2 is 2.05 bits per heavy atom. The van der Waals surface area contributed by atoms with E-state index in [9.17, 15) is 0 Å². The molecular formula is C14H19BrN4. The van der Waals surface area contributed by atoms with E-state index in [0.29, 0.717) is 0 Å². The van der Waals surface area contributed by atoms with Crippen molar-refractivity contribution in [3.63, 3.8) is 0 Å². The molecule has 0 bridgehead atoms. The average molecular weight is 323 g/mol. The Morgan fingerprint density at radius 1 is 1.26 bits per heavy atom. The summed E-state index contributed by atoms with van der Waals surface area (Å²) in [7, 11) is 1.97. The van der Waals surface area contributed by atoms with Gasteiger partial charge in [0.2, 0.25) is 0 Å². The highest BCUT2D eigenvalue weighted by molar-refractivity contribution is 9.10. The Hall–Kier alpha value is -1.20. The minimum atomic E-state index is 0.850. The van der Waals surface area contributed by atoms with Gasteiger partial charge in [-0.1, -0.05) is 13.8 Å². The van der Waals surface area contributed by atoms with Crippen molar-refractivity contribution >= 4 is 15.9 Å². The summed E-state index contributed by atoms with van der Waals surface area (Å²) < 4.78 is 2.95. The molecule has 0 aliphatic rings. The van der Waals surface area contributed by atoms with Gasteiger partial charge in [-0.3, -0.25) is 0 Å². The zero-order valence-corrected chi connectivity index (χ0v) is 13.2. The standard InChI is InChI=1S/C14H19BrN4/c1-4-12-11(9-16-3)13(5-2)19(18-12)14-7-6-10(15)8-17-14/h6-8,16H,4-5,9H2,1-3H3. The summed E-state index contributed by atoms with van der Waals surface area (Å²) in [6, 6.07) is 3.98. The van der Waals surface area contributed by atoms with Crippen molar-refractivity contribution in [1.82, 2.24) is 20.1 Å². The lowest BCUT2D eigenvalue weighted by molar-refractivity contribution is 0.764. The van der Waals surface area contributed by atoms with Crippen LogP contribution < -0.4 is 5.32 Å². The van der Waals surface area contributed by atoms with Crippen molar-refractivity contribution in [3.8, 4) is 5.82 Å². The Morgan fingerprint density at radius 3 is 2.58 bits per heavy atom. The first-order valence-corrected chi connectivity index (χ1v) is 7.36. The van der Waals surface area contributed by atoms with Crippen LogP contribution in [0.2, 0.25) is 0 Å². The molecule has 2 rings (SSSR count). The van der Waals surface area contributed by atoms with Crippen LogP contribution >= 0.6 is 15.9 Å². The predicted molar refractivity (Wildman–Crippen MR) is 80.6 cm³/mol. The van der Waals surface area contributed by atoms with Crippen LogP contribution in [0.15, 0.2) is 22.8 Å². The Balaban J connectivity index is 2.53. The molecule has 2 heterocycles. The molecular weight excluding hydrogens is 304 g/mol. The topological polar surface area (TPSA) is 42.7 Å². The second kappa shape index (κ2) is 6.30. The number of pyridine rings is 1. The van der Waals surface area contributed by atoms with Crippen molar-refractivity contribution in [2.45, 2.75) is 33.2 Å². The van der Waals surface area contributed by atoms with Crippen molar-refractivity contribution in [1.29, 1.82) is 0 Å². The van der Waals surface area contributed by atoms with Crippen LogP contribution in [-0.2, 0) is 19.4 Å². The van der Waals surface area contributed by atoms with Gasteiger partial charge in [0.15, 0.2) is 5.82 Å². The zero-order valence-electron chi connectivity index (χ0n) is 11.6. The summed E-state index contributed by atoms with van der Waals surface area (Å²) in [5.74, 6) is 0.872. The number of aromatic nitrogens is 3. The Labute approximate surface area is 122 Å². The van der Waals surface area contributed by atoms with E-state index in [4.69, 9.17) is 5.10 Å². The second-order valence-corrected chi connectivity index (χ2v) is 5.27. The van der Waals surface area contributed by atoms with Crippen LogP contribution in [-0.4, -0.2) is 21.8 Å². The minimum absolute atomic E-state index is 0.850. The molecule has 0 atom stereocenters. The molecule has 19 heavy (non-hydrogen) atoms. The maximum atomic E-state index is 4.72. The van der Waals surface area contributed by atoms with Gasteiger partial charge in [0.1, 0.15) is 0 Å². The summed E-state index contributed by atoms with van der Waals surface area (Å²) in [5.41, 5.74) is 3.69. The number of hydrogen-bond acceptors (Lipinski definition) is 3. The third-order valence-corrected chi connectivity index (χ3v) is 3.59. The number of rotatable bonds is 5. The van der Waals surface area contributed by atoms with Gasteiger partial charge in [-0.05, 0) is 48.0 Å². The summed E-state index contributed by atoms with van der Waals surface area (Å²) in [6.07, 6.45) is 3.69. The Bertz CT molecular complexity index is 545. The van der Waals surface area contributed by atoms with Gasteiger partial charge in [0.25, 0.3) is 0 Å². The smallest absolute Gasteiger partial charge is 0.153 e. The molecule has 0 saturated carbocycles. The third-order valence-electron chi connectivity index (χ3n) is 3.13. The van der Waals surface area contributed by atoms with E-state index in [1.165, 1.54) is 11.3 Å². The third kappa shape index (κ3) is 2.87. The molecule has 1 N–H and O–H groups in total. The first-order valence-electron chi connectivity index (χ1n) is 6.57. The van der Waals surface area contributed by atoms with Gasteiger partial charge in [0.05, 0.1) is 11.4 Å². The molecule has 0 radical (unpaired) electrons. The van der Waals surface area contributed by atoms with Crippen LogP contribution in [0, 0.1) is 0 Å². The number of nitrogens with zero attached hydrogens (tertiary/aromatic N) is 3. The van der Waals surface area contributed by atoms with E-state index in [2.05, 4.69) is 40.1 Å². The molecule has 0 fully saturated rings. The van der Waals surface area contributed by atoms with Crippen LogP contribution in [0.4, 0.5) is 0 Å². The summed E-state index contributed by atoms with van der Waals surface area (Å²) in [6.45, 7) is 5.15. The fourth-order valence-corrected chi connectivity index (χ4v) is 2.48. The maximum absolute atomic E-state index is 4.72.